The van der Waals surface area contributed by atoms with Crippen LogP contribution >= 0.6 is 0 Å². The van der Waals surface area contributed by atoms with E-state index in [4.69, 9.17) is 14.3 Å². The molecule has 2 heterocycles. The molecule has 1 atom stereocenters. The summed E-state index contributed by atoms with van der Waals surface area (Å²) in [6, 6.07) is 10.9. The summed E-state index contributed by atoms with van der Waals surface area (Å²) in [5.74, 6) is 0.598. The molecular weight excluding hydrogens is 398 g/mol. The first-order chi connectivity index (χ1) is 15.1. The van der Waals surface area contributed by atoms with Gasteiger partial charge in [0.25, 0.3) is 5.91 Å². The molecule has 0 aliphatic carbocycles. The van der Waals surface area contributed by atoms with Crippen LogP contribution in [0.25, 0.3) is 11.1 Å². The normalized spacial score (nSPS) is 18.7. The molecule has 0 aromatic heterocycles. The van der Waals surface area contributed by atoms with Gasteiger partial charge in [-0.2, -0.15) is 5.26 Å². The Hall–Kier alpha value is -3.57. The summed E-state index contributed by atoms with van der Waals surface area (Å²) in [4.78, 5) is 19.8. The van der Waals surface area contributed by atoms with E-state index in [9.17, 15) is 15.2 Å². The van der Waals surface area contributed by atoms with Crippen molar-refractivity contribution in [3.63, 3.8) is 0 Å². The van der Waals surface area contributed by atoms with Crippen LogP contribution in [-0.4, -0.2) is 61.1 Å². The van der Waals surface area contributed by atoms with Gasteiger partial charge in [-0.3, -0.25) is 4.79 Å². The molecule has 1 saturated heterocycles. The number of carbonyl (C=O) groups excluding carboxylic acids is 1. The molecule has 0 spiro atoms. The third-order valence-electron chi connectivity index (χ3n) is 5.62. The predicted octanol–water partition coefficient (Wildman–Crippen LogP) is 2.51. The van der Waals surface area contributed by atoms with Crippen molar-refractivity contribution in [2.24, 2.45) is 5.16 Å². The van der Waals surface area contributed by atoms with Crippen molar-refractivity contribution in [2.45, 2.75) is 19.4 Å². The summed E-state index contributed by atoms with van der Waals surface area (Å²) in [5, 5.41) is 23.1. The van der Waals surface area contributed by atoms with Crippen LogP contribution in [-0.2, 0) is 4.84 Å². The van der Waals surface area contributed by atoms with Gasteiger partial charge >= 0.3 is 0 Å². The number of likely N-dealkylation sites (tertiary alicyclic amines) is 1. The van der Waals surface area contributed by atoms with E-state index in [0.29, 0.717) is 48.0 Å². The summed E-state index contributed by atoms with van der Waals surface area (Å²) >= 11 is 0. The number of fused-ring (bicyclic) bond motifs is 1. The van der Waals surface area contributed by atoms with Gasteiger partial charge in [-0.05, 0) is 36.2 Å². The number of hydrogen-bond acceptors (Lipinski definition) is 7. The van der Waals surface area contributed by atoms with Gasteiger partial charge in [0.15, 0.2) is 11.5 Å². The molecule has 0 saturated carbocycles. The first-order valence-corrected chi connectivity index (χ1v) is 10.0. The molecule has 0 unspecified atom stereocenters. The van der Waals surface area contributed by atoms with Crippen molar-refractivity contribution in [3.8, 4) is 28.7 Å². The highest BCUT2D eigenvalue weighted by molar-refractivity contribution is 6.03. The summed E-state index contributed by atoms with van der Waals surface area (Å²) in [6.45, 7) is 2.68. The van der Waals surface area contributed by atoms with Crippen molar-refractivity contribution < 1.29 is 24.2 Å². The number of aliphatic hydroxyl groups excluding tert-OH is 1. The number of carbonyl (C=O) groups is 1. The van der Waals surface area contributed by atoms with Gasteiger partial charge < -0.3 is 24.3 Å². The topological polar surface area (TPSA) is 104 Å². The fourth-order valence-electron chi connectivity index (χ4n) is 4.09. The Kier molecular flexibility index (Phi) is 5.78. The second-order valence-corrected chi connectivity index (χ2v) is 7.42. The van der Waals surface area contributed by atoms with Crippen molar-refractivity contribution in [3.05, 3.63) is 47.0 Å². The van der Waals surface area contributed by atoms with Crippen LogP contribution < -0.4 is 9.47 Å². The van der Waals surface area contributed by atoms with Crippen LogP contribution in [0.3, 0.4) is 0 Å². The zero-order valence-corrected chi connectivity index (χ0v) is 17.4. The first-order valence-electron chi connectivity index (χ1n) is 10.0. The maximum atomic E-state index is 13.4. The van der Waals surface area contributed by atoms with E-state index in [2.05, 4.69) is 11.2 Å². The Morgan fingerprint density at radius 1 is 1.26 bits per heavy atom. The second kappa shape index (κ2) is 8.66. The minimum absolute atomic E-state index is 0.174. The number of amides is 1. The minimum atomic E-state index is -0.379. The van der Waals surface area contributed by atoms with E-state index < -0.39 is 0 Å². The number of hydrogen-bond donors (Lipinski definition) is 1. The Bertz CT molecular complexity index is 1090. The lowest BCUT2D eigenvalue weighted by Crippen LogP contribution is -2.38. The number of aliphatic hydroxyl groups is 1. The Morgan fingerprint density at radius 2 is 2.03 bits per heavy atom. The van der Waals surface area contributed by atoms with Crippen LogP contribution in [0, 0.1) is 18.3 Å². The summed E-state index contributed by atoms with van der Waals surface area (Å²) in [5.41, 5.74) is 4.09. The summed E-state index contributed by atoms with van der Waals surface area (Å²) in [7, 11) is 1.45. The largest absolute Gasteiger partial charge is 0.485 e. The predicted molar refractivity (Wildman–Crippen MR) is 113 cm³/mol. The standard InChI is InChI=1S/C23H23N3O5/c1-14-15(11-24)4-3-5-18(14)19-6-7-20(22-21(19)30-8-9-31-22)23(28)26-12-16(25-29-2)10-17(26)13-27/h3-7,17,27H,8-10,12-13H2,1-2H3/b25-16+/t17-/m0/s1. The van der Waals surface area contributed by atoms with Gasteiger partial charge in [0, 0.05) is 12.0 Å². The molecule has 4 rings (SSSR count). The highest BCUT2D eigenvalue weighted by Crippen LogP contribution is 2.44. The number of oxime groups is 1. The van der Waals surface area contributed by atoms with Crippen molar-refractivity contribution in [2.75, 3.05) is 33.5 Å². The van der Waals surface area contributed by atoms with E-state index in [1.165, 1.54) is 7.11 Å². The molecule has 2 aromatic rings. The maximum Gasteiger partial charge on any atom is 0.258 e. The van der Waals surface area contributed by atoms with Crippen molar-refractivity contribution in [1.29, 1.82) is 5.26 Å². The Balaban J connectivity index is 1.77. The summed E-state index contributed by atoms with van der Waals surface area (Å²) in [6.07, 6.45) is 0.452. The minimum Gasteiger partial charge on any atom is -0.485 e. The quantitative estimate of drug-likeness (QED) is 0.761. The van der Waals surface area contributed by atoms with Crippen LogP contribution in [0.15, 0.2) is 35.5 Å². The lowest BCUT2D eigenvalue weighted by atomic mass is 9.94. The number of nitrogens with zero attached hydrogens (tertiary/aromatic N) is 3. The molecule has 2 aromatic carbocycles. The first kappa shape index (κ1) is 20.7. The molecule has 2 aliphatic rings. The number of benzene rings is 2. The molecule has 0 bridgehead atoms. The van der Waals surface area contributed by atoms with Crippen LogP contribution in [0.5, 0.6) is 11.5 Å². The highest BCUT2D eigenvalue weighted by atomic mass is 16.6. The SMILES string of the molecule is CO/N=C1\C[C@@H](CO)N(C(=O)c2ccc(-c3cccc(C#N)c3C)c3c2OCCO3)C1. The molecule has 2 aliphatic heterocycles. The van der Waals surface area contributed by atoms with Gasteiger partial charge in [0.1, 0.15) is 20.3 Å². The monoisotopic (exact) mass is 421 g/mol. The lowest BCUT2D eigenvalue weighted by molar-refractivity contribution is 0.0670. The van der Waals surface area contributed by atoms with Crippen LogP contribution in [0.2, 0.25) is 0 Å². The lowest BCUT2D eigenvalue weighted by Gasteiger charge is -2.27. The zero-order chi connectivity index (χ0) is 22.0. The van der Waals surface area contributed by atoms with Gasteiger partial charge in [0.2, 0.25) is 0 Å². The summed E-state index contributed by atoms with van der Waals surface area (Å²) < 4.78 is 11.8. The molecule has 8 nitrogen and oxygen atoms in total. The smallest absolute Gasteiger partial charge is 0.258 e. The van der Waals surface area contributed by atoms with Gasteiger partial charge in [-0.15, -0.1) is 0 Å². The molecule has 0 radical (unpaired) electrons. The third kappa shape index (κ3) is 3.68. The van der Waals surface area contributed by atoms with Crippen molar-refractivity contribution in [1.82, 2.24) is 4.90 Å². The number of rotatable bonds is 4. The van der Waals surface area contributed by atoms with Crippen LogP contribution in [0.1, 0.15) is 27.9 Å². The van der Waals surface area contributed by atoms with Gasteiger partial charge in [-0.25, -0.2) is 0 Å². The van der Waals surface area contributed by atoms with Crippen molar-refractivity contribution >= 4 is 11.6 Å². The van der Waals surface area contributed by atoms with E-state index in [0.717, 1.165) is 16.7 Å². The molecular formula is C23H23N3O5. The van der Waals surface area contributed by atoms with Gasteiger partial charge in [0.05, 0.1) is 42.1 Å². The zero-order valence-electron chi connectivity index (χ0n) is 17.4. The van der Waals surface area contributed by atoms with E-state index in [1.54, 1.807) is 17.0 Å². The van der Waals surface area contributed by atoms with Gasteiger partial charge in [-0.1, -0.05) is 17.3 Å². The highest BCUT2D eigenvalue weighted by Gasteiger charge is 2.36. The molecule has 1 amide bonds. The molecule has 160 valence electrons. The van der Waals surface area contributed by atoms with Crippen LogP contribution in [0.4, 0.5) is 0 Å². The maximum absolute atomic E-state index is 13.4. The molecule has 8 heteroatoms. The average molecular weight is 421 g/mol. The molecule has 1 N–H and O–H groups in total. The van der Waals surface area contributed by atoms with E-state index in [-0.39, 0.29) is 25.1 Å². The molecule has 31 heavy (non-hydrogen) atoms. The fraction of sp³-hybridized carbons (Fsp3) is 0.348. The number of nitriles is 1. The Labute approximate surface area is 180 Å². The fourth-order valence-corrected chi connectivity index (χ4v) is 4.09. The average Bonchev–Trinajstić information content (AvgIpc) is 3.21. The Morgan fingerprint density at radius 3 is 2.74 bits per heavy atom. The third-order valence-corrected chi connectivity index (χ3v) is 5.62. The van der Waals surface area contributed by atoms with E-state index >= 15 is 0 Å². The second-order valence-electron chi connectivity index (χ2n) is 7.42. The van der Waals surface area contributed by atoms with E-state index in [1.807, 2.05) is 25.1 Å². The molecule has 1 fully saturated rings. The number of ether oxygens (including phenoxy) is 2.